The Morgan fingerprint density at radius 1 is 1.33 bits per heavy atom. The molecule has 21 heavy (non-hydrogen) atoms. The number of aliphatic hydroxyl groups is 1. The van der Waals surface area contributed by atoms with Gasteiger partial charge >= 0.3 is 0 Å². The molecule has 0 spiro atoms. The van der Waals surface area contributed by atoms with Gasteiger partial charge in [-0.2, -0.15) is 0 Å². The molecule has 1 unspecified atom stereocenters. The maximum Gasteiger partial charge on any atom is 0.251 e. The number of aliphatic hydroxyl groups excluding tert-OH is 1. The highest BCUT2D eigenvalue weighted by atomic mass is 16.5. The van der Waals surface area contributed by atoms with Gasteiger partial charge in [0, 0.05) is 12.1 Å². The quantitative estimate of drug-likeness (QED) is 0.755. The van der Waals surface area contributed by atoms with Crippen LogP contribution in [0.3, 0.4) is 0 Å². The molecule has 1 amide bonds. The fourth-order valence-corrected chi connectivity index (χ4v) is 1.58. The van der Waals surface area contributed by atoms with Crippen LogP contribution in [0.2, 0.25) is 0 Å². The van der Waals surface area contributed by atoms with Gasteiger partial charge in [-0.3, -0.25) is 4.79 Å². The summed E-state index contributed by atoms with van der Waals surface area (Å²) in [6, 6.07) is 6.93. The van der Waals surface area contributed by atoms with Gasteiger partial charge in [0.15, 0.2) is 0 Å². The molecule has 0 aliphatic carbocycles. The Balaban J connectivity index is 2.46. The van der Waals surface area contributed by atoms with Crippen molar-refractivity contribution in [2.75, 3.05) is 19.8 Å². The monoisotopic (exact) mass is 295 g/mol. The Morgan fingerprint density at radius 3 is 2.67 bits per heavy atom. The summed E-state index contributed by atoms with van der Waals surface area (Å²) in [4.78, 5) is 11.9. The van der Waals surface area contributed by atoms with Gasteiger partial charge in [-0.1, -0.05) is 6.07 Å². The molecule has 0 heterocycles. The first-order valence-corrected chi connectivity index (χ1v) is 7.11. The summed E-state index contributed by atoms with van der Waals surface area (Å²) >= 11 is 0. The Kier molecular flexibility index (Phi) is 6.65. The van der Waals surface area contributed by atoms with Crippen LogP contribution in [0.25, 0.3) is 0 Å². The molecule has 0 saturated heterocycles. The van der Waals surface area contributed by atoms with Crippen LogP contribution in [0, 0.1) is 0 Å². The summed E-state index contributed by atoms with van der Waals surface area (Å²) in [6.45, 7) is 8.72. The van der Waals surface area contributed by atoms with Crippen molar-refractivity contribution < 1.29 is 19.4 Å². The first-order chi connectivity index (χ1) is 9.78. The summed E-state index contributed by atoms with van der Waals surface area (Å²) in [5.41, 5.74) is 0.316. The Hall–Kier alpha value is -1.59. The van der Waals surface area contributed by atoms with Gasteiger partial charge in [-0.25, -0.2) is 0 Å². The van der Waals surface area contributed by atoms with Crippen LogP contribution in [-0.2, 0) is 4.74 Å². The molecule has 2 N–H and O–H groups in total. The summed E-state index contributed by atoms with van der Waals surface area (Å²) in [7, 11) is 0. The van der Waals surface area contributed by atoms with Crippen molar-refractivity contribution in [2.24, 2.45) is 0 Å². The SMILES string of the molecule is CC(O)CNC(=O)c1cccc(OCCOC(C)(C)C)c1. The van der Waals surface area contributed by atoms with E-state index in [-0.39, 0.29) is 18.1 Å². The third-order valence-corrected chi connectivity index (χ3v) is 2.54. The van der Waals surface area contributed by atoms with Gasteiger partial charge in [-0.15, -0.1) is 0 Å². The van der Waals surface area contributed by atoms with Crippen molar-refractivity contribution in [1.82, 2.24) is 5.32 Å². The van der Waals surface area contributed by atoms with Gasteiger partial charge < -0.3 is 19.9 Å². The topological polar surface area (TPSA) is 67.8 Å². The van der Waals surface area contributed by atoms with E-state index >= 15 is 0 Å². The summed E-state index contributed by atoms with van der Waals surface area (Å²) < 4.78 is 11.1. The number of nitrogens with one attached hydrogen (secondary N) is 1. The van der Waals surface area contributed by atoms with Crippen molar-refractivity contribution in [3.05, 3.63) is 29.8 Å². The minimum Gasteiger partial charge on any atom is -0.491 e. The zero-order valence-electron chi connectivity index (χ0n) is 13.2. The van der Waals surface area contributed by atoms with Crippen LogP contribution >= 0.6 is 0 Å². The second-order valence-corrected chi connectivity index (χ2v) is 5.90. The van der Waals surface area contributed by atoms with E-state index in [2.05, 4.69) is 5.32 Å². The van der Waals surface area contributed by atoms with Crippen molar-refractivity contribution in [2.45, 2.75) is 39.4 Å². The molecular weight excluding hydrogens is 270 g/mol. The molecule has 118 valence electrons. The Labute approximate surface area is 126 Å². The molecule has 0 bridgehead atoms. The highest BCUT2D eigenvalue weighted by Gasteiger charge is 2.10. The molecule has 1 aromatic rings. The van der Waals surface area contributed by atoms with E-state index in [4.69, 9.17) is 14.6 Å². The van der Waals surface area contributed by atoms with Crippen LogP contribution in [0.5, 0.6) is 5.75 Å². The molecule has 0 aliphatic rings. The molecule has 1 aromatic carbocycles. The lowest BCUT2D eigenvalue weighted by atomic mass is 10.2. The highest BCUT2D eigenvalue weighted by molar-refractivity contribution is 5.94. The highest BCUT2D eigenvalue weighted by Crippen LogP contribution is 2.14. The number of ether oxygens (including phenoxy) is 2. The third kappa shape index (κ3) is 7.68. The number of carbonyl (C=O) groups excluding carboxylic acids is 1. The average molecular weight is 295 g/mol. The lowest BCUT2D eigenvalue weighted by Gasteiger charge is -2.19. The van der Waals surface area contributed by atoms with Gasteiger partial charge in [0.25, 0.3) is 5.91 Å². The molecule has 0 aromatic heterocycles. The van der Waals surface area contributed by atoms with Crippen LogP contribution in [0.1, 0.15) is 38.1 Å². The number of amides is 1. The fourth-order valence-electron chi connectivity index (χ4n) is 1.58. The van der Waals surface area contributed by atoms with E-state index in [0.717, 1.165) is 0 Å². The summed E-state index contributed by atoms with van der Waals surface area (Å²) in [5.74, 6) is 0.393. The maximum atomic E-state index is 11.9. The average Bonchev–Trinajstić information content (AvgIpc) is 2.40. The van der Waals surface area contributed by atoms with Crippen molar-refractivity contribution >= 4 is 5.91 Å². The first kappa shape index (κ1) is 17.5. The predicted octanol–water partition coefficient (Wildman–Crippen LogP) is 1.99. The predicted molar refractivity (Wildman–Crippen MR) is 81.7 cm³/mol. The molecule has 5 nitrogen and oxygen atoms in total. The van der Waals surface area contributed by atoms with E-state index in [1.54, 1.807) is 31.2 Å². The minimum absolute atomic E-state index is 0.188. The molecule has 0 saturated carbocycles. The van der Waals surface area contributed by atoms with Crippen molar-refractivity contribution in [1.29, 1.82) is 0 Å². The Morgan fingerprint density at radius 2 is 2.05 bits per heavy atom. The molecular formula is C16H25NO4. The van der Waals surface area contributed by atoms with Crippen LogP contribution in [0.4, 0.5) is 0 Å². The van der Waals surface area contributed by atoms with Crippen LogP contribution in [0.15, 0.2) is 24.3 Å². The minimum atomic E-state index is -0.567. The normalized spacial score (nSPS) is 12.8. The smallest absolute Gasteiger partial charge is 0.251 e. The molecule has 0 radical (unpaired) electrons. The molecule has 0 aliphatic heterocycles. The van der Waals surface area contributed by atoms with E-state index < -0.39 is 6.10 Å². The number of carbonyl (C=O) groups is 1. The van der Waals surface area contributed by atoms with Crippen molar-refractivity contribution in [3.8, 4) is 5.75 Å². The molecule has 5 heteroatoms. The fraction of sp³-hybridized carbons (Fsp3) is 0.562. The molecule has 1 rings (SSSR count). The van der Waals surface area contributed by atoms with Gasteiger partial charge in [0.2, 0.25) is 0 Å². The van der Waals surface area contributed by atoms with Crippen LogP contribution < -0.4 is 10.1 Å². The standard InChI is InChI=1S/C16H25NO4/c1-12(18)11-17-15(19)13-6-5-7-14(10-13)20-8-9-21-16(2,3)4/h5-7,10,12,18H,8-9,11H2,1-4H3,(H,17,19). The van der Waals surface area contributed by atoms with E-state index in [0.29, 0.717) is 24.5 Å². The van der Waals surface area contributed by atoms with Crippen LogP contribution in [-0.4, -0.2) is 42.5 Å². The van der Waals surface area contributed by atoms with E-state index in [1.165, 1.54) is 0 Å². The third-order valence-electron chi connectivity index (χ3n) is 2.54. The largest absolute Gasteiger partial charge is 0.491 e. The second kappa shape index (κ2) is 8.00. The maximum absolute atomic E-state index is 11.9. The second-order valence-electron chi connectivity index (χ2n) is 5.90. The molecule has 1 atom stereocenters. The number of hydrogen-bond acceptors (Lipinski definition) is 4. The lowest BCUT2D eigenvalue weighted by molar-refractivity contribution is -0.0163. The Bertz CT molecular complexity index is 452. The summed E-state index contributed by atoms with van der Waals surface area (Å²) in [6.07, 6.45) is -0.567. The van der Waals surface area contributed by atoms with Gasteiger partial charge in [-0.05, 0) is 45.9 Å². The molecule has 0 fully saturated rings. The first-order valence-electron chi connectivity index (χ1n) is 7.11. The van der Waals surface area contributed by atoms with Gasteiger partial charge in [0.05, 0.1) is 18.3 Å². The number of rotatable bonds is 7. The number of benzene rings is 1. The number of hydrogen-bond donors (Lipinski definition) is 2. The van der Waals surface area contributed by atoms with Crippen molar-refractivity contribution in [3.63, 3.8) is 0 Å². The zero-order chi connectivity index (χ0) is 15.9. The zero-order valence-corrected chi connectivity index (χ0v) is 13.2. The van der Waals surface area contributed by atoms with E-state index in [9.17, 15) is 4.79 Å². The van der Waals surface area contributed by atoms with Gasteiger partial charge in [0.1, 0.15) is 12.4 Å². The van der Waals surface area contributed by atoms with E-state index in [1.807, 2.05) is 20.8 Å². The summed E-state index contributed by atoms with van der Waals surface area (Å²) in [5, 5.41) is 11.8. The lowest BCUT2D eigenvalue weighted by Crippen LogP contribution is -2.30.